The lowest BCUT2D eigenvalue weighted by Gasteiger charge is -1.98. The molecule has 42 valence electrons. The van der Waals surface area contributed by atoms with E-state index < -0.39 is 6.17 Å². The zero-order chi connectivity index (χ0) is 5.49. The molecule has 0 saturated heterocycles. The molecule has 0 heterocycles. The van der Waals surface area contributed by atoms with Gasteiger partial charge in [-0.05, 0) is 12.8 Å². The molecule has 0 radical (unpaired) electrons. The van der Waals surface area contributed by atoms with Crippen molar-refractivity contribution in [1.82, 2.24) is 0 Å². The van der Waals surface area contributed by atoms with Crippen LogP contribution >= 0.6 is 0 Å². The van der Waals surface area contributed by atoms with Crippen LogP contribution in [0, 0.1) is 5.41 Å². The standard InChI is InChI=1S/C6H11F/c1-3-6(2)4-5(6)7/h5H,3-4H2,1-2H3. The van der Waals surface area contributed by atoms with Gasteiger partial charge in [0.2, 0.25) is 0 Å². The highest BCUT2D eigenvalue weighted by Crippen LogP contribution is 2.50. The second kappa shape index (κ2) is 1.21. The fraction of sp³-hybridized carbons (Fsp3) is 1.00. The molecule has 0 spiro atoms. The smallest absolute Gasteiger partial charge is 0.106 e. The summed E-state index contributed by atoms with van der Waals surface area (Å²) in [6.45, 7) is 4.04. The van der Waals surface area contributed by atoms with Gasteiger partial charge in [0.25, 0.3) is 0 Å². The maximum Gasteiger partial charge on any atom is 0.106 e. The fourth-order valence-electron chi connectivity index (χ4n) is 0.716. The van der Waals surface area contributed by atoms with Crippen LogP contribution in [0.15, 0.2) is 0 Å². The summed E-state index contributed by atoms with van der Waals surface area (Å²) in [4.78, 5) is 0. The van der Waals surface area contributed by atoms with Crippen molar-refractivity contribution in [2.24, 2.45) is 5.41 Å². The molecule has 0 amide bonds. The lowest BCUT2D eigenvalue weighted by atomic mass is 10.1. The van der Waals surface area contributed by atoms with Crippen LogP contribution in [-0.2, 0) is 0 Å². The summed E-state index contributed by atoms with van der Waals surface area (Å²) in [5.41, 5.74) is 0.0833. The van der Waals surface area contributed by atoms with Gasteiger partial charge in [0.15, 0.2) is 0 Å². The summed E-state index contributed by atoms with van der Waals surface area (Å²) in [5.74, 6) is 0. The molecule has 0 aromatic carbocycles. The Balaban J connectivity index is 2.36. The summed E-state index contributed by atoms with van der Waals surface area (Å²) in [6, 6.07) is 0. The van der Waals surface area contributed by atoms with Crippen molar-refractivity contribution >= 4 is 0 Å². The molecular formula is C6H11F. The van der Waals surface area contributed by atoms with E-state index in [-0.39, 0.29) is 5.41 Å². The van der Waals surface area contributed by atoms with Gasteiger partial charge in [0, 0.05) is 5.41 Å². The first-order chi connectivity index (χ1) is 3.19. The minimum absolute atomic E-state index is 0.0833. The molecule has 0 aliphatic heterocycles. The Morgan fingerprint density at radius 3 is 2.29 bits per heavy atom. The molecule has 1 heteroatoms. The van der Waals surface area contributed by atoms with Crippen molar-refractivity contribution < 1.29 is 4.39 Å². The first-order valence-electron chi connectivity index (χ1n) is 2.83. The highest BCUT2D eigenvalue weighted by molar-refractivity contribution is 4.98. The third-order valence-corrected chi connectivity index (χ3v) is 2.05. The summed E-state index contributed by atoms with van der Waals surface area (Å²) < 4.78 is 12.2. The van der Waals surface area contributed by atoms with Gasteiger partial charge in [-0.25, -0.2) is 4.39 Å². The predicted octanol–water partition coefficient (Wildman–Crippen LogP) is 2.14. The average Bonchev–Trinajstić information content (AvgIpc) is 2.18. The maximum absolute atomic E-state index is 12.2. The van der Waals surface area contributed by atoms with Crippen LogP contribution in [0.5, 0.6) is 0 Å². The van der Waals surface area contributed by atoms with E-state index in [9.17, 15) is 4.39 Å². The van der Waals surface area contributed by atoms with Crippen molar-refractivity contribution in [3.05, 3.63) is 0 Å². The Labute approximate surface area is 43.7 Å². The minimum Gasteiger partial charge on any atom is -0.247 e. The van der Waals surface area contributed by atoms with Crippen LogP contribution in [-0.4, -0.2) is 6.17 Å². The number of halogens is 1. The second-order valence-electron chi connectivity index (χ2n) is 2.68. The van der Waals surface area contributed by atoms with E-state index >= 15 is 0 Å². The predicted molar refractivity (Wildman–Crippen MR) is 27.9 cm³/mol. The first-order valence-corrected chi connectivity index (χ1v) is 2.83. The first kappa shape index (κ1) is 5.07. The van der Waals surface area contributed by atoms with Crippen molar-refractivity contribution in [2.75, 3.05) is 0 Å². The Morgan fingerprint density at radius 1 is 1.86 bits per heavy atom. The lowest BCUT2D eigenvalue weighted by Crippen LogP contribution is -1.92. The highest BCUT2D eigenvalue weighted by atomic mass is 19.1. The normalized spacial score (nSPS) is 49.3. The summed E-state index contributed by atoms with van der Waals surface area (Å²) in [5, 5.41) is 0. The molecule has 0 N–H and O–H groups in total. The molecule has 1 saturated carbocycles. The molecule has 1 aliphatic carbocycles. The van der Waals surface area contributed by atoms with Crippen molar-refractivity contribution in [3.63, 3.8) is 0 Å². The van der Waals surface area contributed by atoms with Gasteiger partial charge >= 0.3 is 0 Å². The molecule has 1 aliphatic rings. The van der Waals surface area contributed by atoms with Crippen LogP contribution in [0.2, 0.25) is 0 Å². The third kappa shape index (κ3) is 0.644. The zero-order valence-electron chi connectivity index (χ0n) is 4.87. The van der Waals surface area contributed by atoms with Crippen LogP contribution < -0.4 is 0 Å². The number of alkyl halides is 1. The van der Waals surface area contributed by atoms with E-state index in [1.165, 1.54) is 0 Å². The molecule has 2 atom stereocenters. The quantitative estimate of drug-likeness (QED) is 0.476. The van der Waals surface area contributed by atoms with E-state index in [4.69, 9.17) is 0 Å². The van der Waals surface area contributed by atoms with E-state index in [2.05, 4.69) is 0 Å². The molecule has 0 aromatic rings. The van der Waals surface area contributed by atoms with E-state index in [1.54, 1.807) is 0 Å². The third-order valence-electron chi connectivity index (χ3n) is 2.05. The minimum atomic E-state index is -0.488. The Bertz CT molecular complexity index is 76.2. The van der Waals surface area contributed by atoms with E-state index in [0.29, 0.717) is 0 Å². The van der Waals surface area contributed by atoms with Gasteiger partial charge in [-0.1, -0.05) is 13.8 Å². The Kier molecular flexibility index (Phi) is 0.875. The fourth-order valence-corrected chi connectivity index (χ4v) is 0.716. The Morgan fingerprint density at radius 2 is 2.29 bits per heavy atom. The highest BCUT2D eigenvalue weighted by Gasteiger charge is 2.48. The number of hydrogen-bond donors (Lipinski definition) is 0. The molecule has 0 nitrogen and oxygen atoms in total. The number of rotatable bonds is 1. The maximum atomic E-state index is 12.2. The van der Waals surface area contributed by atoms with Gasteiger partial charge in [-0.3, -0.25) is 0 Å². The van der Waals surface area contributed by atoms with Gasteiger partial charge < -0.3 is 0 Å². The molecule has 2 unspecified atom stereocenters. The van der Waals surface area contributed by atoms with Gasteiger partial charge in [-0.2, -0.15) is 0 Å². The largest absolute Gasteiger partial charge is 0.247 e. The molecule has 7 heavy (non-hydrogen) atoms. The van der Waals surface area contributed by atoms with Crippen LogP contribution in [0.3, 0.4) is 0 Å². The molecule has 0 bridgehead atoms. The zero-order valence-corrected chi connectivity index (χ0v) is 4.87. The average molecular weight is 102 g/mol. The van der Waals surface area contributed by atoms with E-state index in [0.717, 1.165) is 12.8 Å². The topological polar surface area (TPSA) is 0 Å². The van der Waals surface area contributed by atoms with Crippen LogP contribution in [0.25, 0.3) is 0 Å². The Hall–Kier alpha value is -0.0700. The van der Waals surface area contributed by atoms with Crippen molar-refractivity contribution in [1.29, 1.82) is 0 Å². The van der Waals surface area contributed by atoms with Crippen molar-refractivity contribution in [3.8, 4) is 0 Å². The number of hydrogen-bond acceptors (Lipinski definition) is 0. The summed E-state index contributed by atoms with van der Waals surface area (Å²) in [7, 11) is 0. The van der Waals surface area contributed by atoms with E-state index in [1.807, 2.05) is 13.8 Å². The SMILES string of the molecule is CCC1(C)CC1F. The van der Waals surface area contributed by atoms with Gasteiger partial charge in [-0.15, -0.1) is 0 Å². The van der Waals surface area contributed by atoms with Gasteiger partial charge in [0.1, 0.15) is 6.17 Å². The second-order valence-corrected chi connectivity index (χ2v) is 2.68. The van der Waals surface area contributed by atoms with Crippen molar-refractivity contribution in [2.45, 2.75) is 32.9 Å². The molecular weight excluding hydrogens is 91.1 g/mol. The van der Waals surface area contributed by atoms with Gasteiger partial charge in [0.05, 0.1) is 0 Å². The summed E-state index contributed by atoms with van der Waals surface area (Å²) in [6.07, 6.45) is 1.30. The lowest BCUT2D eigenvalue weighted by molar-refractivity contribution is 0.370. The van der Waals surface area contributed by atoms with Crippen LogP contribution in [0.4, 0.5) is 4.39 Å². The molecule has 1 rings (SSSR count). The van der Waals surface area contributed by atoms with Crippen LogP contribution in [0.1, 0.15) is 26.7 Å². The molecule has 1 fully saturated rings. The monoisotopic (exact) mass is 102 g/mol. The molecule has 0 aromatic heterocycles. The summed E-state index contributed by atoms with van der Waals surface area (Å²) >= 11 is 0.